The SMILES string of the molecule is O=C(NCCCC(=O)N1CCOC(C(=O)O)C1)c1ccc(Cl)cc1. The van der Waals surface area contributed by atoms with Crippen molar-refractivity contribution in [2.45, 2.75) is 18.9 Å². The van der Waals surface area contributed by atoms with Crippen molar-refractivity contribution < 1.29 is 24.2 Å². The van der Waals surface area contributed by atoms with Gasteiger partial charge in [0.15, 0.2) is 6.10 Å². The molecule has 2 amide bonds. The number of amides is 2. The van der Waals surface area contributed by atoms with E-state index in [-0.39, 0.29) is 31.4 Å². The minimum Gasteiger partial charge on any atom is -0.479 e. The van der Waals surface area contributed by atoms with Gasteiger partial charge in [-0.3, -0.25) is 9.59 Å². The Kier molecular flexibility index (Phi) is 6.57. The summed E-state index contributed by atoms with van der Waals surface area (Å²) in [5.74, 6) is -1.43. The van der Waals surface area contributed by atoms with E-state index in [2.05, 4.69) is 5.32 Å². The van der Waals surface area contributed by atoms with Gasteiger partial charge in [0.05, 0.1) is 13.2 Å². The van der Waals surface area contributed by atoms with Crippen molar-refractivity contribution in [3.8, 4) is 0 Å². The second-order valence-electron chi connectivity index (χ2n) is 5.40. The molecule has 2 N–H and O–H groups in total. The van der Waals surface area contributed by atoms with Crippen LogP contribution < -0.4 is 5.32 Å². The Morgan fingerprint density at radius 1 is 1.29 bits per heavy atom. The molecule has 0 spiro atoms. The van der Waals surface area contributed by atoms with Crippen molar-refractivity contribution in [1.29, 1.82) is 0 Å². The van der Waals surface area contributed by atoms with Crippen molar-refractivity contribution in [2.24, 2.45) is 0 Å². The first-order valence-electron chi connectivity index (χ1n) is 7.63. The second-order valence-corrected chi connectivity index (χ2v) is 5.84. The summed E-state index contributed by atoms with van der Waals surface area (Å²) >= 11 is 5.76. The maximum atomic E-state index is 12.1. The highest BCUT2D eigenvalue weighted by Crippen LogP contribution is 2.10. The highest BCUT2D eigenvalue weighted by atomic mass is 35.5. The van der Waals surface area contributed by atoms with E-state index >= 15 is 0 Å². The number of hydrogen-bond donors (Lipinski definition) is 2. The molecule has 0 aromatic heterocycles. The fourth-order valence-electron chi connectivity index (χ4n) is 2.33. The van der Waals surface area contributed by atoms with E-state index in [0.29, 0.717) is 30.1 Å². The Hall–Kier alpha value is -2.12. The fourth-order valence-corrected chi connectivity index (χ4v) is 2.45. The summed E-state index contributed by atoms with van der Waals surface area (Å²) in [6, 6.07) is 6.53. The number of benzene rings is 1. The molecule has 1 heterocycles. The molecular weight excluding hydrogens is 336 g/mol. The normalized spacial score (nSPS) is 17.4. The van der Waals surface area contributed by atoms with Gasteiger partial charge in [-0.1, -0.05) is 11.6 Å². The molecule has 1 aromatic carbocycles. The summed E-state index contributed by atoms with van der Waals surface area (Å²) in [6.07, 6.45) is -0.243. The van der Waals surface area contributed by atoms with Crippen LogP contribution in [0.3, 0.4) is 0 Å². The highest BCUT2D eigenvalue weighted by Gasteiger charge is 2.28. The monoisotopic (exact) mass is 354 g/mol. The summed E-state index contributed by atoms with van der Waals surface area (Å²) in [5.41, 5.74) is 0.503. The van der Waals surface area contributed by atoms with Crippen LogP contribution in [-0.4, -0.2) is 60.1 Å². The van der Waals surface area contributed by atoms with E-state index in [1.54, 1.807) is 24.3 Å². The number of morpholine rings is 1. The van der Waals surface area contributed by atoms with E-state index in [4.69, 9.17) is 21.4 Å². The first-order chi connectivity index (χ1) is 11.5. The van der Waals surface area contributed by atoms with E-state index in [0.717, 1.165) is 0 Å². The van der Waals surface area contributed by atoms with Crippen molar-refractivity contribution in [3.63, 3.8) is 0 Å². The molecule has 1 aliphatic heterocycles. The number of nitrogens with zero attached hydrogens (tertiary/aromatic N) is 1. The third-order valence-corrected chi connectivity index (χ3v) is 3.91. The van der Waals surface area contributed by atoms with Gasteiger partial charge in [0, 0.05) is 30.1 Å². The average Bonchev–Trinajstić information content (AvgIpc) is 2.59. The summed E-state index contributed by atoms with van der Waals surface area (Å²) in [5, 5.41) is 12.2. The van der Waals surface area contributed by atoms with Crippen LogP contribution in [0.1, 0.15) is 23.2 Å². The molecule has 1 saturated heterocycles. The average molecular weight is 355 g/mol. The van der Waals surface area contributed by atoms with Crippen LogP contribution in [-0.2, 0) is 14.3 Å². The highest BCUT2D eigenvalue weighted by molar-refractivity contribution is 6.30. The van der Waals surface area contributed by atoms with E-state index in [1.165, 1.54) is 4.90 Å². The first kappa shape index (κ1) is 18.2. The molecule has 2 rings (SSSR count). The standard InChI is InChI=1S/C16H19ClN2O5/c17-12-5-3-11(4-6-12)15(21)18-7-1-2-14(20)19-8-9-24-13(10-19)16(22)23/h3-6,13H,1-2,7-10H2,(H,18,21)(H,22,23). The molecule has 1 aliphatic rings. The Bertz CT molecular complexity index is 605. The van der Waals surface area contributed by atoms with Crippen molar-refractivity contribution in [3.05, 3.63) is 34.9 Å². The molecule has 1 unspecified atom stereocenters. The molecule has 0 bridgehead atoms. The quantitative estimate of drug-likeness (QED) is 0.747. The number of aliphatic carboxylic acids is 1. The summed E-state index contributed by atoms with van der Waals surface area (Å²) in [4.78, 5) is 36.3. The van der Waals surface area contributed by atoms with E-state index < -0.39 is 12.1 Å². The van der Waals surface area contributed by atoms with Gasteiger partial charge in [-0.05, 0) is 30.7 Å². The zero-order valence-corrected chi connectivity index (χ0v) is 13.8. The Labute approximate surface area is 144 Å². The van der Waals surface area contributed by atoms with Crippen molar-refractivity contribution in [2.75, 3.05) is 26.2 Å². The van der Waals surface area contributed by atoms with Gasteiger partial charge in [0.25, 0.3) is 5.91 Å². The number of rotatable bonds is 6. The number of carboxylic acids is 1. The molecule has 7 nitrogen and oxygen atoms in total. The molecule has 0 radical (unpaired) electrons. The van der Waals surface area contributed by atoms with Crippen LogP contribution in [0.2, 0.25) is 5.02 Å². The summed E-state index contributed by atoms with van der Waals surface area (Å²) < 4.78 is 5.07. The largest absolute Gasteiger partial charge is 0.479 e. The molecule has 1 atom stereocenters. The van der Waals surface area contributed by atoms with Crippen LogP contribution in [0.15, 0.2) is 24.3 Å². The predicted molar refractivity (Wildman–Crippen MR) is 87.0 cm³/mol. The molecule has 0 saturated carbocycles. The lowest BCUT2D eigenvalue weighted by Gasteiger charge is -2.30. The van der Waals surface area contributed by atoms with Gasteiger partial charge < -0.3 is 20.1 Å². The zero-order chi connectivity index (χ0) is 17.5. The molecular formula is C16H19ClN2O5. The third kappa shape index (κ3) is 5.21. The number of nitrogens with one attached hydrogen (secondary N) is 1. The number of halogens is 1. The van der Waals surface area contributed by atoms with Gasteiger partial charge in [-0.2, -0.15) is 0 Å². The van der Waals surface area contributed by atoms with Crippen molar-refractivity contribution in [1.82, 2.24) is 10.2 Å². The van der Waals surface area contributed by atoms with E-state index in [1.807, 2.05) is 0 Å². The molecule has 8 heteroatoms. The van der Waals surface area contributed by atoms with Crippen molar-refractivity contribution >= 4 is 29.4 Å². The van der Waals surface area contributed by atoms with E-state index in [9.17, 15) is 14.4 Å². The van der Waals surface area contributed by atoms with Crippen LogP contribution in [0.25, 0.3) is 0 Å². The lowest BCUT2D eigenvalue weighted by Crippen LogP contribution is -2.48. The van der Waals surface area contributed by atoms with Gasteiger partial charge in [-0.15, -0.1) is 0 Å². The molecule has 130 valence electrons. The number of carboxylic acid groups (broad SMARTS) is 1. The van der Waals surface area contributed by atoms with Gasteiger partial charge in [0.1, 0.15) is 0 Å². The topological polar surface area (TPSA) is 95.9 Å². The Balaban J connectivity index is 1.70. The maximum Gasteiger partial charge on any atom is 0.334 e. The summed E-state index contributed by atoms with van der Waals surface area (Å²) in [6.45, 7) is 1.03. The number of carbonyl (C=O) groups is 3. The molecule has 24 heavy (non-hydrogen) atoms. The number of hydrogen-bond acceptors (Lipinski definition) is 4. The van der Waals surface area contributed by atoms with Crippen LogP contribution >= 0.6 is 11.6 Å². The lowest BCUT2D eigenvalue weighted by atomic mass is 10.2. The smallest absolute Gasteiger partial charge is 0.334 e. The number of carbonyl (C=O) groups excluding carboxylic acids is 2. The number of ether oxygens (including phenoxy) is 1. The minimum absolute atomic E-state index is 0.0608. The third-order valence-electron chi connectivity index (χ3n) is 3.65. The second kappa shape index (κ2) is 8.65. The predicted octanol–water partition coefficient (Wildman–Crippen LogP) is 1.16. The summed E-state index contributed by atoms with van der Waals surface area (Å²) in [7, 11) is 0. The molecule has 1 aromatic rings. The molecule has 1 fully saturated rings. The Morgan fingerprint density at radius 2 is 2.00 bits per heavy atom. The van der Waals surface area contributed by atoms with Crippen LogP contribution in [0.5, 0.6) is 0 Å². The molecule has 0 aliphatic carbocycles. The van der Waals surface area contributed by atoms with Crippen LogP contribution in [0, 0.1) is 0 Å². The van der Waals surface area contributed by atoms with Crippen LogP contribution in [0.4, 0.5) is 0 Å². The minimum atomic E-state index is -1.07. The van der Waals surface area contributed by atoms with Gasteiger partial charge in [-0.25, -0.2) is 4.79 Å². The Morgan fingerprint density at radius 3 is 2.67 bits per heavy atom. The fraction of sp³-hybridized carbons (Fsp3) is 0.438. The maximum absolute atomic E-state index is 12.1. The first-order valence-corrected chi connectivity index (χ1v) is 8.01. The van der Waals surface area contributed by atoms with Gasteiger partial charge in [0.2, 0.25) is 5.91 Å². The lowest BCUT2D eigenvalue weighted by molar-refractivity contribution is -0.159. The zero-order valence-electron chi connectivity index (χ0n) is 13.0. The van der Waals surface area contributed by atoms with Gasteiger partial charge >= 0.3 is 5.97 Å².